The Kier molecular flexibility index (Phi) is 2.21. The predicted molar refractivity (Wildman–Crippen MR) is 55.3 cm³/mol. The Morgan fingerprint density at radius 1 is 1.53 bits per heavy atom. The molecule has 0 amide bonds. The van der Waals surface area contributed by atoms with Gasteiger partial charge in [-0.15, -0.1) is 0 Å². The number of aromatic nitrogens is 2. The maximum absolute atomic E-state index is 11.3. The molecule has 0 saturated carbocycles. The van der Waals surface area contributed by atoms with E-state index in [1.165, 1.54) is 7.11 Å². The highest BCUT2D eigenvalue weighted by atomic mass is 16.5. The molecule has 0 saturated heterocycles. The third kappa shape index (κ3) is 1.59. The minimum Gasteiger partial charge on any atom is -0.465 e. The van der Waals surface area contributed by atoms with Crippen molar-refractivity contribution in [2.45, 2.75) is 0 Å². The normalized spacial score (nSPS) is 10.2. The van der Waals surface area contributed by atoms with E-state index in [-0.39, 0.29) is 11.4 Å². The van der Waals surface area contributed by atoms with Crippen LogP contribution in [-0.2, 0) is 4.74 Å². The van der Waals surface area contributed by atoms with Gasteiger partial charge in [0.25, 0.3) is 0 Å². The van der Waals surface area contributed by atoms with Crippen molar-refractivity contribution in [2.24, 2.45) is 0 Å². The van der Waals surface area contributed by atoms with E-state index < -0.39 is 5.97 Å². The van der Waals surface area contributed by atoms with E-state index in [4.69, 9.17) is 5.73 Å². The number of carbonyl (C=O) groups is 1. The molecule has 2 rings (SSSR count). The molecule has 0 bridgehead atoms. The Balaban J connectivity index is 2.67. The zero-order chi connectivity index (χ0) is 10.8. The largest absolute Gasteiger partial charge is 0.465 e. The molecule has 0 aliphatic carbocycles. The average molecular weight is 203 g/mol. The number of hydrogen-bond donors (Lipinski definition) is 1. The summed E-state index contributed by atoms with van der Waals surface area (Å²) >= 11 is 0. The number of nitrogens with zero attached hydrogens (tertiary/aromatic N) is 2. The summed E-state index contributed by atoms with van der Waals surface area (Å²) in [7, 11) is 1.30. The van der Waals surface area contributed by atoms with Crippen LogP contribution < -0.4 is 5.73 Å². The van der Waals surface area contributed by atoms with E-state index >= 15 is 0 Å². The van der Waals surface area contributed by atoms with Gasteiger partial charge in [-0.25, -0.2) is 14.8 Å². The van der Waals surface area contributed by atoms with Crippen molar-refractivity contribution in [1.82, 2.24) is 9.97 Å². The molecule has 0 radical (unpaired) electrons. The molecular formula is C10H9N3O2. The summed E-state index contributed by atoms with van der Waals surface area (Å²) in [4.78, 5) is 19.4. The van der Waals surface area contributed by atoms with E-state index in [0.717, 1.165) is 5.39 Å². The molecule has 0 spiro atoms. The molecule has 0 aromatic carbocycles. The molecule has 0 aliphatic heterocycles. The molecule has 0 atom stereocenters. The quantitative estimate of drug-likeness (QED) is 0.699. The molecule has 0 unspecified atom stereocenters. The lowest BCUT2D eigenvalue weighted by molar-refractivity contribution is 0.0602. The second kappa shape index (κ2) is 3.53. The minimum atomic E-state index is -0.495. The first-order valence-corrected chi connectivity index (χ1v) is 4.32. The molecule has 0 fully saturated rings. The van der Waals surface area contributed by atoms with Gasteiger partial charge in [-0.3, -0.25) is 0 Å². The second-order valence-electron chi connectivity index (χ2n) is 2.96. The summed E-state index contributed by atoms with van der Waals surface area (Å²) in [5.41, 5.74) is 6.39. The first-order chi connectivity index (χ1) is 7.22. The number of esters is 1. The van der Waals surface area contributed by atoms with Crippen molar-refractivity contribution < 1.29 is 9.53 Å². The van der Waals surface area contributed by atoms with Crippen LogP contribution in [0.1, 0.15) is 10.4 Å². The van der Waals surface area contributed by atoms with Crippen LogP contribution in [-0.4, -0.2) is 23.0 Å². The fourth-order valence-electron chi connectivity index (χ4n) is 1.29. The number of anilines is 1. The van der Waals surface area contributed by atoms with E-state index in [1.54, 1.807) is 24.4 Å². The second-order valence-corrected chi connectivity index (χ2v) is 2.96. The molecule has 0 aliphatic rings. The lowest BCUT2D eigenvalue weighted by atomic mass is 10.2. The first kappa shape index (κ1) is 9.39. The highest BCUT2D eigenvalue weighted by Gasteiger charge is 2.12. The molecule has 76 valence electrons. The molecule has 2 aromatic rings. The lowest BCUT2D eigenvalue weighted by Gasteiger charge is -2.04. The molecule has 5 nitrogen and oxygen atoms in total. The van der Waals surface area contributed by atoms with Crippen LogP contribution in [0.25, 0.3) is 11.0 Å². The third-order valence-electron chi connectivity index (χ3n) is 2.02. The Hall–Kier alpha value is -2.17. The van der Waals surface area contributed by atoms with Crippen molar-refractivity contribution in [1.29, 1.82) is 0 Å². The molecule has 2 aromatic heterocycles. The summed E-state index contributed by atoms with van der Waals surface area (Å²) < 4.78 is 4.59. The molecule has 5 heteroatoms. The fraction of sp³-hybridized carbons (Fsp3) is 0.100. The maximum Gasteiger partial charge on any atom is 0.341 e. The van der Waals surface area contributed by atoms with Crippen LogP contribution in [0.5, 0.6) is 0 Å². The van der Waals surface area contributed by atoms with Crippen LogP contribution in [0.2, 0.25) is 0 Å². The summed E-state index contributed by atoms with van der Waals surface area (Å²) in [6.07, 6.45) is 1.62. The summed E-state index contributed by atoms with van der Waals surface area (Å²) in [6.45, 7) is 0. The topological polar surface area (TPSA) is 78.1 Å². The molecule has 15 heavy (non-hydrogen) atoms. The third-order valence-corrected chi connectivity index (χ3v) is 2.02. The van der Waals surface area contributed by atoms with Gasteiger partial charge >= 0.3 is 5.97 Å². The van der Waals surface area contributed by atoms with Gasteiger partial charge in [-0.1, -0.05) is 0 Å². The zero-order valence-electron chi connectivity index (χ0n) is 8.10. The predicted octanol–water partition coefficient (Wildman–Crippen LogP) is 0.999. The number of rotatable bonds is 1. The van der Waals surface area contributed by atoms with Crippen LogP contribution in [0, 0.1) is 0 Å². The number of nitrogens with two attached hydrogens (primary N) is 1. The fourth-order valence-corrected chi connectivity index (χ4v) is 1.29. The van der Waals surface area contributed by atoms with Crippen LogP contribution in [0.15, 0.2) is 24.4 Å². The van der Waals surface area contributed by atoms with Crippen molar-refractivity contribution in [3.8, 4) is 0 Å². The van der Waals surface area contributed by atoms with Gasteiger partial charge in [0.2, 0.25) is 0 Å². The number of nitrogen functional groups attached to an aromatic ring is 1. The first-order valence-electron chi connectivity index (χ1n) is 4.32. The number of pyridine rings is 2. The van der Waals surface area contributed by atoms with Crippen molar-refractivity contribution in [2.75, 3.05) is 12.8 Å². The summed E-state index contributed by atoms with van der Waals surface area (Å²) in [6, 6.07) is 5.19. The maximum atomic E-state index is 11.3. The smallest absolute Gasteiger partial charge is 0.341 e. The van der Waals surface area contributed by atoms with Crippen molar-refractivity contribution >= 4 is 22.8 Å². The molecular weight excluding hydrogens is 194 g/mol. The van der Waals surface area contributed by atoms with Crippen LogP contribution >= 0.6 is 0 Å². The Bertz CT molecular complexity index is 525. The van der Waals surface area contributed by atoms with Gasteiger partial charge in [-0.05, 0) is 18.2 Å². The van der Waals surface area contributed by atoms with Crippen molar-refractivity contribution in [3.05, 3.63) is 30.0 Å². The Morgan fingerprint density at radius 2 is 2.33 bits per heavy atom. The number of methoxy groups -OCH3 is 1. The SMILES string of the molecule is COC(=O)c1cc2cccnc2nc1N. The van der Waals surface area contributed by atoms with E-state index in [2.05, 4.69) is 14.7 Å². The minimum absolute atomic E-state index is 0.132. The summed E-state index contributed by atoms with van der Waals surface area (Å²) in [5, 5.41) is 0.757. The van der Waals surface area contributed by atoms with E-state index in [9.17, 15) is 4.79 Å². The van der Waals surface area contributed by atoms with Crippen molar-refractivity contribution in [3.63, 3.8) is 0 Å². The van der Waals surface area contributed by atoms with Crippen LogP contribution in [0.3, 0.4) is 0 Å². The highest BCUT2D eigenvalue weighted by molar-refractivity contribution is 5.97. The van der Waals surface area contributed by atoms with Gasteiger partial charge in [0.1, 0.15) is 11.4 Å². The molecule has 2 heterocycles. The lowest BCUT2D eigenvalue weighted by Crippen LogP contribution is -2.07. The molecule has 2 N–H and O–H groups in total. The van der Waals surface area contributed by atoms with E-state index in [1.807, 2.05) is 0 Å². The zero-order valence-corrected chi connectivity index (χ0v) is 8.10. The van der Waals surface area contributed by atoms with Crippen LogP contribution in [0.4, 0.5) is 5.82 Å². The Morgan fingerprint density at radius 3 is 3.07 bits per heavy atom. The Labute approximate surface area is 85.9 Å². The summed E-state index contributed by atoms with van der Waals surface area (Å²) in [5.74, 6) is -0.362. The number of hydrogen-bond acceptors (Lipinski definition) is 5. The number of carbonyl (C=O) groups excluding carboxylic acids is 1. The van der Waals surface area contributed by atoms with Gasteiger partial charge in [0.05, 0.1) is 7.11 Å². The highest BCUT2D eigenvalue weighted by Crippen LogP contribution is 2.16. The van der Waals surface area contributed by atoms with Gasteiger partial charge in [-0.2, -0.15) is 0 Å². The average Bonchev–Trinajstić information content (AvgIpc) is 2.27. The van der Waals surface area contributed by atoms with Gasteiger partial charge in [0.15, 0.2) is 5.65 Å². The number of ether oxygens (including phenoxy) is 1. The van der Waals surface area contributed by atoms with Gasteiger partial charge < -0.3 is 10.5 Å². The van der Waals surface area contributed by atoms with Gasteiger partial charge in [0, 0.05) is 11.6 Å². The number of fused-ring (bicyclic) bond motifs is 1. The monoisotopic (exact) mass is 203 g/mol. The standard InChI is InChI=1S/C10H9N3O2/c1-15-10(14)7-5-6-3-2-4-12-9(6)13-8(7)11/h2-5H,1H3,(H2,11,12,13). The van der Waals surface area contributed by atoms with E-state index in [0.29, 0.717) is 5.65 Å².